The number of carbonyl (C=O) groups is 1. The average Bonchev–Trinajstić information content (AvgIpc) is 3.39. The minimum Gasteiger partial charge on any atom is -0.453 e. The van der Waals surface area contributed by atoms with Gasteiger partial charge in [-0.1, -0.05) is 36.0 Å². The van der Waals surface area contributed by atoms with Gasteiger partial charge in [0, 0.05) is 25.0 Å². The molecule has 0 unspecified atom stereocenters. The second-order valence-electron chi connectivity index (χ2n) is 6.23. The Balaban J connectivity index is 1.58. The summed E-state index contributed by atoms with van der Waals surface area (Å²) in [5.41, 5.74) is 0.814. The van der Waals surface area contributed by atoms with Crippen molar-refractivity contribution < 1.29 is 9.21 Å². The van der Waals surface area contributed by atoms with E-state index >= 15 is 0 Å². The highest BCUT2D eigenvalue weighted by Crippen LogP contribution is 2.29. The molecule has 0 spiro atoms. The number of hydrogen-bond acceptors (Lipinski definition) is 5. The standard InChI is InChI=1S/C19H20N4O2S/c1-2-9-23-18(16-12-14-7-3-4-8-15(14)25-16)20-21-19(23)26-13-17(24)22-10-5-6-11-22/h2-4,7-8,12H,1,5-6,9-11,13H2. The molecule has 0 saturated carbocycles. The second kappa shape index (κ2) is 7.37. The van der Waals surface area contributed by atoms with Gasteiger partial charge in [-0.3, -0.25) is 9.36 Å². The third-order valence-corrected chi connectivity index (χ3v) is 5.41. The Labute approximate surface area is 155 Å². The number of furan rings is 1. The molecule has 3 aromatic rings. The molecule has 6 nitrogen and oxygen atoms in total. The summed E-state index contributed by atoms with van der Waals surface area (Å²) in [7, 11) is 0. The zero-order valence-electron chi connectivity index (χ0n) is 14.4. The number of nitrogens with zero attached hydrogens (tertiary/aromatic N) is 4. The van der Waals surface area contributed by atoms with Crippen LogP contribution in [0.4, 0.5) is 0 Å². The molecule has 1 aliphatic heterocycles. The Morgan fingerprint density at radius 1 is 1.27 bits per heavy atom. The van der Waals surface area contributed by atoms with Crippen LogP contribution in [0.1, 0.15) is 12.8 Å². The number of rotatable bonds is 6. The molecule has 0 bridgehead atoms. The number of hydrogen-bond donors (Lipinski definition) is 0. The number of carbonyl (C=O) groups excluding carboxylic acids is 1. The monoisotopic (exact) mass is 368 g/mol. The van der Waals surface area contributed by atoms with Gasteiger partial charge in [0.15, 0.2) is 10.9 Å². The number of para-hydroxylation sites is 1. The fraction of sp³-hybridized carbons (Fsp3) is 0.316. The minimum absolute atomic E-state index is 0.158. The summed E-state index contributed by atoms with van der Waals surface area (Å²) in [4.78, 5) is 14.2. The van der Waals surface area contributed by atoms with Crippen LogP contribution >= 0.6 is 11.8 Å². The smallest absolute Gasteiger partial charge is 0.233 e. The lowest BCUT2D eigenvalue weighted by Gasteiger charge is -2.14. The van der Waals surface area contributed by atoms with Gasteiger partial charge in [-0.15, -0.1) is 16.8 Å². The summed E-state index contributed by atoms with van der Waals surface area (Å²) >= 11 is 1.41. The summed E-state index contributed by atoms with van der Waals surface area (Å²) in [6.07, 6.45) is 3.99. The summed E-state index contributed by atoms with van der Waals surface area (Å²) in [6, 6.07) is 9.80. The molecular formula is C19H20N4O2S. The van der Waals surface area contributed by atoms with Crippen molar-refractivity contribution in [2.24, 2.45) is 0 Å². The van der Waals surface area contributed by atoms with Crippen molar-refractivity contribution in [2.45, 2.75) is 24.5 Å². The van der Waals surface area contributed by atoms with Crippen molar-refractivity contribution in [3.63, 3.8) is 0 Å². The number of allylic oxidation sites excluding steroid dienone is 1. The zero-order valence-corrected chi connectivity index (χ0v) is 15.2. The first-order valence-electron chi connectivity index (χ1n) is 8.70. The maximum atomic E-state index is 12.3. The number of thioether (sulfide) groups is 1. The van der Waals surface area contributed by atoms with E-state index in [4.69, 9.17) is 4.42 Å². The van der Waals surface area contributed by atoms with Gasteiger partial charge < -0.3 is 9.32 Å². The van der Waals surface area contributed by atoms with E-state index in [0.29, 0.717) is 29.0 Å². The van der Waals surface area contributed by atoms with E-state index in [2.05, 4.69) is 16.8 Å². The van der Waals surface area contributed by atoms with Gasteiger partial charge in [-0.05, 0) is 25.0 Å². The summed E-state index contributed by atoms with van der Waals surface area (Å²) in [5, 5.41) is 10.3. The van der Waals surface area contributed by atoms with Gasteiger partial charge in [0.1, 0.15) is 5.58 Å². The lowest BCUT2D eigenvalue weighted by Crippen LogP contribution is -2.29. The first-order valence-corrected chi connectivity index (χ1v) is 9.68. The van der Waals surface area contributed by atoms with Gasteiger partial charge in [0.2, 0.25) is 11.7 Å². The van der Waals surface area contributed by atoms with E-state index in [0.717, 1.165) is 36.9 Å². The fourth-order valence-electron chi connectivity index (χ4n) is 3.15. The topological polar surface area (TPSA) is 64.2 Å². The molecule has 0 radical (unpaired) electrons. The van der Waals surface area contributed by atoms with Gasteiger partial charge in [-0.25, -0.2) is 0 Å². The largest absolute Gasteiger partial charge is 0.453 e. The van der Waals surface area contributed by atoms with E-state index in [1.165, 1.54) is 11.8 Å². The lowest BCUT2D eigenvalue weighted by atomic mass is 10.2. The van der Waals surface area contributed by atoms with Crippen LogP contribution in [0.15, 0.2) is 52.6 Å². The van der Waals surface area contributed by atoms with Gasteiger partial charge in [0.05, 0.1) is 5.75 Å². The van der Waals surface area contributed by atoms with Crippen LogP contribution in [0.25, 0.3) is 22.6 Å². The van der Waals surface area contributed by atoms with E-state index in [1.54, 1.807) is 6.08 Å². The fourth-order valence-corrected chi connectivity index (χ4v) is 4.00. The Morgan fingerprint density at radius 2 is 2.08 bits per heavy atom. The molecule has 1 amide bonds. The first kappa shape index (κ1) is 16.9. The highest BCUT2D eigenvalue weighted by molar-refractivity contribution is 7.99. The molecule has 0 N–H and O–H groups in total. The molecule has 2 aromatic heterocycles. The number of amides is 1. The lowest BCUT2D eigenvalue weighted by molar-refractivity contribution is -0.127. The van der Waals surface area contributed by atoms with Crippen LogP contribution in [0.5, 0.6) is 0 Å². The first-order chi connectivity index (χ1) is 12.8. The van der Waals surface area contributed by atoms with E-state index in [1.807, 2.05) is 39.8 Å². The molecule has 1 saturated heterocycles. The molecule has 0 atom stereocenters. The summed E-state index contributed by atoms with van der Waals surface area (Å²) in [6.45, 7) is 6.10. The van der Waals surface area contributed by atoms with Crippen LogP contribution in [-0.2, 0) is 11.3 Å². The molecule has 4 rings (SSSR count). The van der Waals surface area contributed by atoms with Crippen molar-refractivity contribution >= 4 is 28.6 Å². The van der Waals surface area contributed by atoms with Crippen LogP contribution in [0.2, 0.25) is 0 Å². The summed E-state index contributed by atoms with van der Waals surface area (Å²) < 4.78 is 7.86. The molecule has 0 aliphatic carbocycles. The Morgan fingerprint density at radius 3 is 2.85 bits per heavy atom. The SMILES string of the molecule is C=CCn1c(SCC(=O)N2CCCC2)nnc1-c1cc2ccccc2o1. The maximum absolute atomic E-state index is 12.3. The number of likely N-dealkylation sites (tertiary alicyclic amines) is 1. The van der Waals surface area contributed by atoms with Crippen molar-refractivity contribution in [3.8, 4) is 11.6 Å². The predicted octanol–water partition coefficient (Wildman–Crippen LogP) is 3.59. The molecule has 1 fully saturated rings. The average molecular weight is 368 g/mol. The zero-order chi connectivity index (χ0) is 17.9. The van der Waals surface area contributed by atoms with Crippen molar-refractivity contribution in [2.75, 3.05) is 18.8 Å². The van der Waals surface area contributed by atoms with Crippen molar-refractivity contribution in [1.82, 2.24) is 19.7 Å². The molecule has 7 heteroatoms. The van der Waals surface area contributed by atoms with Crippen LogP contribution < -0.4 is 0 Å². The quantitative estimate of drug-likeness (QED) is 0.491. The van der Waals surface area contributed by atoms with Crippen molar-refractivity contribution in [1.29, 1.82) is 0 Å². The molecule has 1 aromatic carbocycles. The molecule has 3 heterocycles. The van der Waals surface area contributed by atoms with Gasteiger partial charge >= 0.3 is 0 Å². The number of fused-ring (bicyclic) bond motifs is 1. The highest BCUT2D eigenvalue weighted by atomic mass is 32.2. The third-order valence-electron chi connectivity index (χ3n) is 4.46. The Kier molecular flexibility index (Phi) is 4.79. The molecular weight excluding hydrogens is 348 g/mol. The molecule has 26 heavy (non-hydrogen) atoms. The summed E-state index contributed by atoms with van der Waals surface area (Å²) in [5.74, 6) is 1.84. The van der Waals surface area contributed by atoms with Crippen LogP contribution in [0.3, 0.4) is 0 Å². The maximum Gasteiger partial charge on any atom is 0.233 e. The second-order valence-corrected chi connectivity index (χ2v) is 7.17. The third kappa shape index (κ3) is 3.26. The Hall–Kier alpha value is -2.54. The highest BCUT2D eigenvalue weighted by Gasteiger charge is 2.21. The minimum atomic E-state index is 0.158. The Bertz CT molecular complexity index is 907. The number of aromatic nitrogens is 3. The van der Waals surface area contributed by atoms with Crippen molar-refractivity contribution in [3.05, 3.63) is 43.0 Å². The van der Waals surface area contributed by atoms with E-state index in [9.17, 15) is 4.79 Å². The normalized spacial score (nSPS) is 14.2. The predicted molar refractivity (Wildman–Crippen MR) is 102 cm³/mol. The molecule has 134 valence electrons. The van der Waals surface area contributed by atoms with Crippen LogP contribution in [0, 0.1) is 0 Å². The van der Waals surface area contributed by atoms with Gasteiger partial charge in [-0.2, -0.15) is 0 Å². The van der Waals surface area contributed by atoms with E-state index < -0.39 is 0 Å². The number of benzene rings is 1. The van der Waals surface area contributed by atoms with Crippen LogP contribution in [-0.4, -0.2) is 44.4 Å². The van der Waals surface area contributed by atoms with Gasteiger partial charge in [0.25, 0.3) is 0 Å². The molecule has 1 aliphatic rings. The van der Waals surface area contributed by atoms with E-state index in [-0.39, 0.29) is 5.91 Å².